The van der Waals surface area contributed by atoms with Crippen LogP contribution in [0.1, 0.15) is 24.5 Å². The molecule has 0 radical (unpaired) electrons. The van der Waals surface area contributed by atoms with Gasteiger partial charge in [0.25, 0.3) is 0 Å². The lowest BCUT2D eigenvalue weighted by molar-refractivity contribution is 0.117. The number of nitrogens with one attached hydrogen (secondary N) is 1. The normalized spacial score (nSPS) is 21.2. The first-order chi connectivity index (χ1) is 10.3. The molecule has 1 saturated heterocycles. The minimum atomic E-state index is -0.682. The van der Waals surface area contributed by atoms with E-state index in [1.165, 1.54) is 12.8 Å². The Morgan fingerprint density at radius 2 is 1.90 bits per heavy atom. The van der Waals surface area contributed by atoms with Gasteiger partial charge in [0, 0.05) is 6.54 Å². The van der Waals surface area contributed by atoms with Gasteiger partial charge in [-0.25, -0.2) is 4.84 Å². The van der Waals surface area contributed by atoms with Crippen LogP contribution in [0, 0.1) is 0 Å². The summed E-state index contributed by atoms with van der Waals surface area (Å²) in [5.41, 5.74) is 0.789. The first-order valence-electron chi connectivity index (χ1n) is 7.44. The number of aliphatic hydroxyl groups is 1. The summed E-state index contributed by atoms with van der Waals surface area (Å²) in [6, 6.07) is 5.33. The zero-order chi connectivity index (χ0) is 14.7. The molecule has 0 spiro atoms. The second-order valence-electron chi connectivity index (χ2n) is 5.57. The Labute approximate surface area is 129 Å². The molecule has 0 saturated carbocycles. The second-order valence-corrected chi connectivity index (χ2v) is 5.79. The Morgan fingerprint density at radius 3 is 2.62 bits per heavy atom. The highest BCUT2D eigenvalue weighted by molar-refractivity contribution is 6.13. The summed E-state index contributed by atoms with van der Waals surface area (Å²) in [5.74, 6) is 1.42. The topological polar surface area (TPSA) is 54.0 Å². The molecule has 0 aromatic heterocycles. The molecule has 2 N–H and O–H groups in total. The van der Waals surface area contributed by atoms with Gasteiger partial charge in [-0.1, -0.05) is 6.07 Å². The highest BCUT2D eigenvalue weighted by atomic mass is 35.5. The van der Waals surface area contributed by atoms with Gasteiger partial charge in [0.2, 0.25) is 0 Å². The molecular weight excluding hydrogens is 292 g/mol. The highest BCUT2D eigenvalue weighted by Gasteiger charge is 2.25. The Bertz CT molecular complexity index is 480. The van der Waals surface area contributed by atoms with E-state index in [4.69, 9.17) is 21.3 Å². The van der Waals surface area contributed by atoms with Gasteiger partial charge >= 0.3 is 0 Å². The Hall–Kier alpha value is -1.01. The van der Waals surface area contributed by atoms with Crippen LogP contribution in [0.25, 0.3) is 0 Å². The summed E-state index contributed by atoms with van der Waals surface area (Å²) >= 11 is 5.84. The molecule has 1 aromatic rings. The van der Waals surface area contributed by atoms with Crippen LogP contribution in [0.4, 0.5) is 0 Å². The van der Waals surface area contributed by atoms with Crippen molar-refractivity contribution in [2.45, 2.75) is 25.0 Å². The molecule has 2 aliphatic heterocycles. The van der Waals surface area contributed by atoms with Crippen molar-refractivity contribution >= 4 is 11.8 Å². The molecular formula is C15H21ClN2O3. The number of benzene rings is 1. The van der Waals surface area contributed by atoms with E-state index in [1.807, 2.05) is 18.2 Å². The molecule has 1 fully saturated rings. The molecule has 6 heteroatoms. The average Bonchev–Trinajstić information content (AvgIpc) is 3.04. The molecule has 5 nitrogen and oxygen atoms in total. The maximum absolute atomic E-state index is 10.6. The predicted octanol–water partition coefficient (Wildman–Crippen LogP) is 1.70. The standard InChI is InChI=1S/C15H21ClN2O3/c16-17-12(10-18-5-1-2-6-18)15(19)11-3-4-13-14(9-11)21-8-7-20-13/h3-4,9,12,15,17,19H,1-2,5-8,10H2/t12-,15+/m1/s1. The van der Waals surface area contributed by atoms with Crippen molar-refractivity contribution in [3.05, 3.63) is 23.8 Å². The fourth-order valence-corrected chi connectivity index (χ4v) is 3.10. The molecule has 0 bridgehead atoms. The fourth-order valence-electron chi connectivity index (χ4n) is 2.91. The minimum Gasteiger partial charge on any atom is -0.486 e. The SMILES string of the molecule is O[C@@H](c1ccc2c(c1)OCCO2)[C@@H](CN1CCCC1)NCl. The van der Waals surface area contributed by atoms with Crippen molar-refractivity contribution in [1.29, 1.82) is 0 Å². The number of nitrogens with zero attached hydrogens (tertiary/aromatic N) is 1. The summed E-state index contributed by atoms with van der Waals surface area (Å²) in [6.45, 7) is 3.98. The lowest BCUT2D eigenvalue weighted by atomic mass is 10.0. The van der Waals surface area contributed by atoms with Crippen molar-refractivity contribution in [3.63, 3.8) is 0 Å². The zero-order valence-electron chi connectivity index (χ0n) is 11.9. The maximum atomic E-state index is 10.6. The molecule has 2 atom stereocenters. The lowest BCUT2D eigenvalue weighted by Gasteiger charge is -2.27. The summed E-state index contributed by atoms with van der Waals surface area (Å²) in [7, 11) is 0. The van der Waals surface area contributed by atoms with Gasteiger partial charge in [-0.2, -0.15) is 0 Å². The smallest absolute Gasteiger partial charge is 0.161 e. The Morgan fingerprint density at radius 1 is 1.19 bits per heavy atom. The van der Waals surface area contributed by atoms with E-state index in [0.717, 1.165) is 30.9 Å². The monoisotopic (exact) mass is 312 g/mol. The molecule has 116 valence electrons. The van der Waals surface area contributed by atoms with Gasteiger partial charge in [0.05, 0.1) is 12.1 Å². The van der Waals surface area contributed by atoms with Crippen molar-refractivity contribution < 1.29 is 14.6 Å². The van der Waals surface area contributed by atoms with Crippen molar-refractivity contribution in [2.75, 3.05) is 32.8 Å². The van der Waals surface area contributed by atoms with Crippen molar-refractivity contribution in [1.82, 2.24) is 9.74 Å². The minimum absolute atomic E-state index is 0.215. The first kappa shape index (κ1) is 14.9. The summed E-state index contributed by atoms with van der Waals surface area (Å²) < 4.78 is 11.1. The fraction of sp³-hybridized carbons (Fsp3) is 0.600. The van der Waals surface area contributed by atoms with Crippen LogP contribution in [0.15, 0.2) is 18.2 Å². The van der Waals surface area contributed by atoms with Crippen LogP contribution in [0.5, 0.6) is 11.5 Å². The summed E-state index contributed by atoms with van der Waals surface area (Å²) in [4.78, 5) is 5.04. The van der Waals surface area contributed by atoms with E-state index in [1.54, 1.807) is 0 Å². The lowest BCUT2D eigenvalue weighted by Crippen LogP contribution is -2.40. The van der Waals surface area contributed by atoms with Crippen molar-refractivity contribution in [2.24, 2.45) is 0 Å². The molecule has 2 heterocycles. The van der Waals surface area contributed by atoms with E-state index >= 15 is 0 Å². The van der Waals surface area contributed by atoms with Gasteiger partial charge in [-0.05, 0) is 55.4 Å². The Kier molecular flexibility index (Phi) is 4.85. The summed E-state index contributed by atoms with van der Waals surface area (Å²) in [6.07, 6.45) is 1.75. The maximum Gasteiger partial charge on any atom is 0.161 e. The average molecular weight is 313 g/mol. The quantitative estimate of drug-likeness (QED) is 0.811. The number of hydrogen-bond acceptors (Lipinski definition) is 5. The van der Waals surface area contributed by atoms with Crippen LogP contribution in [-0.2, 0) is 0 Å². The third-order valence-electron chi connectivity index (χ3n) is 4.08. The predicted molar refractivity (Wildman–Crippen MR) is 80.8 cm³/mol. The molecule has 3 rings (SSSR count). The van der Waals surface area contributed by atoms with Gasteiger partial charge in [-0.15, -0.1) is 0 Å². The third kappa shape index (κ3) is 3.43. The molecule has 21 heavy (non-hydrogen) atoms. The molecule has 0 amide bonds. The van der Waals surface area contributed by atoms with Crippen LogP contribution in [0.2, 0.25) is 0 Å². The Balaban J connectivity index is 1.71. The number of ether oxygens (including phenoxy) is 2. The zero-order valence-corrected chi connectivity index (χ0v) is 12.7. The third-order valence-corrected chi connectivity index (χ3v) is 4.36. The van der Waals surface area contributed by atoms with Gasteiger partial charge in [-0.3, -0.25) is 0 Å². The molecule has 0 aliphatic carbocycles. The number of hydrogen-bond donors (Lipinski definition) is 2. The van der Waals surface area contributed by atoms with Gasteiger partial charge in [0.1, 0.15) is 13.2 Å². The van der Waals surface area contributed by atoms with E-state index in [0.29, 0.717) is 19.0 Å². The van der Waals surface area contributed by atoms with E-state index in [9.17, 15) is 5.11 Å². The largest absolute Gasteiger partial charge is 0.486 e. The molecule has 1 aromatic carbocycles. The molecule has 0 unspecified atom stereocenters. The van der Waals surface area contributed by atoms with Crippen LogP contribution >= 0.6 is 11.8 Å². The van der Waals surface area contributed by atoms with E-state index < -0.39 is 6.10 Å². The number of likely N-dealkylation sites (tertiary alicyclic amines) is 1. The van der Waals surface area contributed by atoms with Gasteiger partial charge < -0.3 is 19.5 Å². The van der Waals surface area contributed by atoms with Crippen molar-refractivity contribution in [3.8, 4) is 11.5 Å². The highest BCUT2D eigenvalue weighted by Crippen LogP contribution is 2.33. The number of halogens is 1. The molecule has 2 aliphatic rings. The van der Waals surface area contributed by atoms with Crippen LogP contribution < -0.4 is 14.3 Å². The summed E-state index contributed by atoms with van der Waals surface area (Å²) in [5, 5.41) is 10.6. The van der Waals surface area contributed by atoms with Gasteiger partial charge in [0.15, 0.2) is 11.5 Å². The number of fused-ring (bicyclic) bond motifs is 1. The van der Waals surface area contributed by atoms with Crippen LogP contribution in [0.3, 0.4) is 0 Å². The number of rotatable bonds is 5. The number of aliphatic hydroxyl groups excluding tert-OH is 1. The van der Waals surface area contributed by atoms with E-state index in [2.05, 4.69) is 9.74 Å². The second kappa shape index (κ2) is 6.83. The van der Waals surface area contributed by atoms with Crippen LogP contribution in [-0.4, -0.2) is 48.9 Å². The first-order valence-corrected chi connectivity index (χ1v) is 7.82. The van der Waals surface area contributed by atoms with E-state index in [-0.39, 0.29) is 6.04 Å².